The van der Waals surface area contributed by atoms with Gasteiger partial charge in [-0.1, -0.05) is 12.1 Å². The molecule has 17 heavy (non-hydrogen) atoms. The summed E-state index contributed by atoms with van der Waals surface area (Å²) in [7, 11) is 0. The maximum absolute atomic E-state index is 5.76. The number of rotatable bonds is 3. The van der Waals surface area contributed by atoms with E-state index in [1.807, 2.05) is 30.3 Å². The van der Waals surface area contributed by atoms with Gasteiger partial charge in [-0.3, -0.25) is 0 Å². The van der Waals surface area contributed by atoms with Gasteiger partial charge >= 0.3 is 0 Å². The summed E-state index contributed by atoms with van der Waals surface area (Å²) in [5.74, 6) is 0.918. The van der Waals surface area contributed by atoms with E-state index in [0.29, 0.717) is 10.9 Å². The minimum absolute atomic E-state index is 0.418. The molecule has 1 aromatic heterocycles. The number of hydrogen-bond donors (Lipinski definition) is 1. The molecule has 3 rings (SSSR count). The summed E-state index contributed by atoms with van der Waals surface area (Å²) in [4.78, 5) is 7.04. The molecule has 0 atom stereocenters. The van der Waals surface area contributed by atoms with Gasteiger partial charge in [0.15, 0.2) is 4.77 Å². The van der Waals surface area contributed by atoms with Crippen molar-refractivity contribution < 1.29 is 4.74 Å². The molecular formula is C13H12N2OS. The highest BCUT2D eigenvalue weighted by molar-refractivity contribution is 7.71. The molecule has 0 saturated heterocycles. The van der Waals surface area contributed by atoms with Crippen molar-refractivity contribution in [2.75, 3.05) is 0 Å². The zero-order chi connectivity index (χ0) is 11.7. The number of aromatic nitrogens is 2. The van der Waals surface area contributed by atoms with Crippen LogP contribution in [0.2, 0.25) is 0 Å². The highest BCUT2D eigenvalue weighted by Gasteiger charge is 2.23. The molecule has 1 aliphatic carbocycles. The van der Waals surface area contributed by atoms with Gasteiger partial charge in [0.1, 0.15) is 5.75 Å². The lowest BCUT2D eigenvalue weighted by Gasteiger charge is -2.06. The Morgan fingerprint density at radius 2 is 2.18 bits per heavy atom. The van der Waals surface area contributed by atoms with Crippen LogP contribution in [-0.4, -0.2) is 16.1 Å². The topological polar surface area (TPSA) is 37.9 Å². The van der Waals surface area contributed by atoms with E-state index in [0.717, 1.165) is 17.0 Å². The van der Waals surface area contributed by atoms with E-state index in [-0.39, 0.29) is 0 Å². The molecule has 3 nitrogen and oxygen atoms in total. The highest BCUT2D eigenvalue weighted by atomic mass is 32.1. The fourth-order valence-electron chi connectivity index (χ4n) is 1.65. The fraction of sp³-hybridized carbons (Fsp3) is 0.231. The predicted octanol–water partition coefficient (Wildman–Crippen LogP) is 3.35. The van der Waals surface area contributed by atoms with Crippen LogP contribution in [0.5, 0.6) is 5.75 Å². The Morgan fingerprint density at radius 3 is 2.94 bits per heavy atom. The van der Waals surface area contributed by atoms with Crippen LogP contribution in [0.25, 0.3) is 11.3 Å². The normalized spacial score (nSPS) is 14.6. The molecular weight excluding hydrogens is 232 g/mol. The van der Waals surface area contributed by atoms with Gasteiger partial charge in [-0.25, -0.2) is 4.98 Å². The smallest absolute Gasteiger partial charge is 0.197 e. The van der Waals surface area contributed by atoms with E-state index in [1.54, 1.807) is 6.20 Å². The largest absolute Gasteiger partial charge is 0.490 e. The molecule has 1 heterocycles. The maximum atomic E-state index is 5.76. The summed E-state index contributed by atoms with van der Waals surface area (Å²) in [5.41, 5.74) is 2.03. The molecule has 0 radical (unpaired) electrons. The molecule has 2 aromatic rings. The van der Waals surface area contributed by atoms with Crippen molar-refractivity contribution in [3.05, 3.63) is 41.3 Å². The van der Waals surface area contributed by atoms with Gasteiger partial charge in [-0.2, -0.15) is 0 Å². The van der Waals surface area contributed by atoms with Gasteiger partial charge in [0.2, 0.25) is 0 Å². The third-order valence-corrected chi connectivity index (χ3v) is 2.85. The van der Waals surface area contributed by atoms with Crippen LogP contribution in [0.1, 0.15) is 12.8 Å². The van der Waals surface area contributed by atoms with Crippen LogP contribution >= 0.6 is 12.2 Å². The Balaban J connectivity index is 1.93. The van der Waals surface area contributed by atoms with E-state index in [4.69, 9.17) is 17.0 Å². The van der Waals surface area contributed by atoms with Crippen LogP contribution in [0.3, 0.4) is 0 Å². The molecule has 0 aliphatic heterocycles. The van der Waals surface area contributed by atoms with Gasteiger partial charge in [0.25, 0.3) is 0 Å². The molecule has 0 bridgehead atoms. The summed E-state index contributed by atoms with van der Waals surface area (Å²) < 4.78 is 6.26. The predicted molar refractivity (Wildman–Crippen MR) is 68.5 cm³/mol. The van der Waals surface area contributed by atoms with Crippen molar-refractivity contribution in [2.24, 2.45) is 0 Å². The van der Waals surface area contributed by atoms with Gasteiger partial charge in [0, 0.05) is 17.5 Å². The third kappa shape index (κ3) is 2.53. The van der Waals surface area contributed by atoms with Crippen LogP contribution in [0, 0.1) is 4.77 Å². The monoisotopic (exact) mass is 244 g/mol. The number of benzene rings is 1. The second kappa shape index (κ2) is 4.30. The van der Waals surface area contributed by atoms with Crippen LogP contribution in [0.4, 0.5) is 0 Å². The lowest BCUT2D eigenvalue weighted by atomic mass is 10.1. The standard InChI is InChI=1S/C13H12N2OS/c17-13-14-7-6-12(15-13)9-2-1-3-11(8-9)16-10-4-5-10/h1-3,6-8,10H,4-5H2,(H,14,15,17). The number of aromatic amines is 1. The zero-order valence-corrected chi connectivity index (χ0v) is 10.0. The van der Waals surface area contributed by atoms with Crippen LogP contribution in [0.15, 0.2) is 36.5 Å². The Labute approximate surface area is 104 Å². The molecule has 0 spiro atoms. The number of hydrogen-bond acceptors (Lipinski definition) is 3. The number of nitrogens with one attached hydrogen (secondary N) is 1. The SMILES string of the molecule is S=c1nccc(-c2cccc(OC3CC3)c2)[nH]1. The fourth-order valence-corrected chi connectivity index (χ4v) is 1.82. The first-order chi connectivity index (χ1) is 8.31. The Morgan fingerprint density at radius 1 is 1.29 bits per heavy atom. The maximum Gasteiger partial charge on any atom is 0.197 e. The van der Waals surface area contributed by atoms with Crippen LogP contribution < -0.4 is 4.74 Å². The number of nitrogens with zero attached hydrogens (tertiary/aromatic N) is 1. The van der Waals surface area contributed by atoms with Gasteiger partial charge in [-0.15, -0.1) is 0 Å². The summed E-state index contributed by atoms with van der Waals surface area (Å²) in [6.07, 6.45) is 4.47. The van der Waals surface area contributed by atoms with E-state index < -0.39 is 0 Å². The van der Waals surface area contributed by atoms with Crippen molar-refractivity contribution in [3.8, 4) is 17.0 Å². The minimum Gasteiger partial charge on any atom is -0.490 e. The molecule has 1 fully saturated rings. The molecule has 0 amide bonds. The summed E-state index contributed by atoms with van der Waals surface area (Å²) in [5, 5.41) is 0. The highest BCUT2D eigenvalue weighted by Crippen LogP contribution is 2.29. The molecule has 86 valence electrons. The second-order valence-corrected chi connectivity index (χ2v) is 4.52. The first-order valence-corrected chi connectivity index (χ1v) is 6.04. The zero-order valence-electron chi connectivity index (χ0n) is 9.22. The van der Waals surface area contributed by atoms with E-state index in [2.05, 4.69) is 9.97 Å². The number of H-pyrrole nitrogens is 1. The Kier molecular flexibility index (Phi) is 2.65. The van der Waals surface area contributed by atoms with Crippen molar-refractivity contribution >= 4 is 12.2 Å². The first kappa shape index (κ1) is 10.5. The van der Waals surface area contributed by atoms with Crippen molar-refractivity contribution in [1.29, 1.82) is 0 Å². The lowest BCUT2D eigenvalue weighted by Crippen LogP contribution is -1.95. The Hall–Kier alpha value is -1.68. The van der Waals surface area contributed by atoms with Gasteiger partial charge in [-0.05, 0) is 43.3 Å². The molecule has 0 unspecified atom stereocenters. The lowest BCUT2D eigenvalue weighted by molar-refractivity contribution is 0.303. The van der Waals surface area contributed by atoms with Gasteiger partial charge < -0.3 is 9.72 Å². The summed E-state index contributed by atoms with van der Waals surface area (Å²) in [6.45, 7) is 0. The number of ether oxygens (including phenoxy) is 1. The first-order valence-electron chi connectivity index (χ1n) is 5.64. The summed E-state index contributed by atoms with van der Waals surface area (Å²) >= 11 is 5.01. The van der Waals surface area contributed by atoms with Gasteiger partial charge in [0.05, 0.1) is 6.10 Å². The molecule has 1 aromatic carbocycles. The van der Waals surface area contributed by atoms with E-state index in [1.165, 1.54) is 12.8 Å². The third-order valence-electron chi connectivity index (χ3n) is 2.65. The molecule has 1 N–H and O–H groups in total. The second-order valence-electron chi connectivity index (χ2n) is 4.13. The minimum atomic E-state index is 0.418. The van der Waals surface area contributed by atoms with Crippen molar-refractivity contribution in [3.63, 3.8) is 0 Å². The molecule has 1 saturated carbocycles. The molecule has 1 aliphatic rings. The summed E-state index contributed by atoms with van der Waals surface area (Å²) in [6, 6.07) is 9.94. The van der Waals surface area contributed by atoms with E-state index in [9.17, 15) is 0 Å². The Bertz CT molecular complexity index is 590. The van der Waals surface area contributed by atoms with Crippen molar-refractivity contribution in [2.45, 2.75) is 18.9 Å². The average molecular weight is 244 g/mol. The van der Waals surface area contributed by atoms with Crippen LogP contribution in [-0.2, 0) is 0 Å². The molecule has 4 heteroatoms. The quantitative estimate of drug-likeness (QED) is 0.841. The average Bonchev–Trinajstić information content (AvgIpc) is 3.13. The van der Waals surface area contributed by atoms with Crippen molar-refractivity contribution in [1.82, 2.24) is 9.97 Å². The van der Waals surface area contributed by atoms with E-state index >= 15 is 0 Å².